The van der Waals surface area contributed by atoms with Gasteiger partial charge >= 0.3 is 0 Å². The summed E-state index contributed by atoms with van der Waals surface area (Å²) in [6.45, 7) is 5.84. The molecule has 1 aromatic carbocycles. The van der Waals surface area contributed by atoms with E-state index in [2.05, 4.69) is 28.5 Å². The maximum atomic E-state index is 5.96. The molecule has 5 heteroatoms. The van der Waals surface area contributed by atoms with Crippen molar-refractivity contribution in [3.05, 3.63) is 55.5 Å². The lowest BCUT2D eigenvalue weighted by atomic mass is 10.2. The van der Waals surface area contributed by atoms with Crippen LogP contribution in [-0.2, 0) is 0 Å². The van der Waals surface area contributed by atoms with Gasteiger partial charge in [0, 0.05) is 4.90 Å². The summed E-state index contributed by atoms with van der Waals surface area (Å²) in [5.41, 5.74) is 7.69. The number of benzene rings is 1. The van der Waals surface area contributed by atoms with Gasteiger partial charge < -0.3 is 10.7 Å². The van der Waals surface area contributed by atoms with Crippen molar-refractivity contribution in [3.8, 4) is 0 Å². The molecule has 126 valence electrons. The fourth-order valence-corrected chi connectivity index (χ4v) is 3.13. The van der Waals surface area contributed by atoms with Crippen LogP contribution in [0.25, 0.3) is 11.0 Å². The number of unbranched alkanes of at least 4 members (excludes halogenated alkanes) is 3. The average Bonchev–Trinajstić information content (AvgIpc) is 2.93. The molecule has 0 saturated heterocycles. The third-order valence-corrected chi connectivity index (χ3v) is 4.54. The van der Waals surface area contributed by atoms with E-state index in [0.717, 1.165) is 20.8 Å². The Hall–Kier alpha value is -2.27. The average molecular weight is 340 g/mol. The molecular formula is C19H24N4S. The minimum absolute atomic E-state index is 0.634. The highest BCUT2D eigenvalue weighted by molar-refractivity contribution is 7.99. The van der Waals surface area contributed by atoms with Crippen LogP contribution in [0.2, 0.25) is 0 Å². The summed E-state index contributed by atoms with van der Waals surface area (Å²) in [6.07, 6.45) is 10.4. The van der Waals surface area contributed by atoms with Crippen molar-refractivity contribution >= 4 is 28.6 Å². The third kappa shape index (κ3) is 5.13. The molecule has 24 heavy (non-hydrogen) atoms. The van der Waals surface area contributed by atoms with Gasteiger partial charge in [-0.2, -0.15) is 0 Å². The number of nitrogens with two attached hydrogens (primary N) is 1. The van der Waals surface area contributed by atoms with Crippen LogP contribution in [0.4, 0.5) is 5.82 Å². The largest absolute Gasteiger partial charge is 0.384 e. The molecule has 0 aliphatic rings. The van der Waals surface area contributed by atoms with Gasteiger partial charge in [-0.1, -0.05) is 55.8 Å². The Labute approximate surface area is 147 Å². The van der Waals surface area contributed by atoms with Crippen molar-refractivity contribution < 1.29 is 0 Å². The van der Waals surface area contributed by atoms with Crippen LogP contribution in [-0.4, -0.2) is 15.0 Å². The second-order valence-corrected chi connectivity index (χ2v) is 6.44. The smallest absolute Gasteiger partial charge is 0.117 e. The Kier molecular flexibility index (Phi) is 7.36. The molecule has 0 aliphatic heterocycles. The standard InChI is InChI=1S/C12H10N4S.C7H14/c13-12-11(17-8-4-2-1-3-5-8)10-9(16-12)6-14-7-15-10;1-3-5-7-6-4-2/h1-7,16H,13H2;3H,1,4-7H2,2H3. The van der Waals surface area contributed by atoms with E-state index in [9.17, 15) is 0 Å². The van der Waals surface area contributed by atoms with E-state index >= 15 is 0 Å². The van der Waals surface area contributed by atoms with E-state index in [0.29, 0.717) is 5.82 Å². The number of aromatic amines is 1. The number of anilines is 1. The molecule has 3 rings (SSSR count). The molecule has 0 unspecified atom stereocenters. The van der Waals surface area contributed by atoms with Gasteiger partial charge in [0.15, 0.2) is 0 Å². The van der Waals surface area contributed by atoms with Crippen molar-refractivity contribution in [3.63, 3.8) is 0 Å². The van der Waals surface area contributed by atoms with E-state index in [-0.39, 0.29) is 0 Å². The van der Waals surface area contributed by atoms with E-state index in [4.69, 9.17) is 5.73 Å². The number of rotatable bonds is 6. The molecule has 0 amide bonds. The third-order valence-electron chi connectivity index (χ3n) is 3.42. The fraction of sp³-hybridized carbons (Fsp3) is 0.263. The van der Waals surface area contributed by atoms with Crippen molar-refractivity contribution in [1.29, 1.82) is 0 Å². The predicted octanol–water partition coefficient (Wildman–Crippen LogP) is 5.44. The number of nitrogens with one attached hydrogen (secondary N) is 1. The van der Waals surface area contributed by atoms with Crippen LogP contribution >= 0.6 is 11.8 Å². The van der Waals surface area contributed by atoms with Gasteiger partial charge in [0.1, 0.15) is 17.7 Å². The van der Waals surface area contributed by atoms with Crippen LogP contribution in [0.15, 0.2) is 65.3 Å². The molecule has 4 nitrogen and oxygen atoms in total. The summed E-state index contributed by atoms with van der Waals surface area (Å²) in [5, 5.41) is 0. The molecule has 0 fully saturated rings. The van der Waals surface area contributed by atoms with Crippen LogP contribution in [0.3, 0.4) is 0 Å². The first-order valence-corrected chi connectivity index (χ1v) is 8.98. The Morgan fingerprint density at radius 1 is 1.25 bits per heavy atom. The van der Waals surface area contributed by atoms with Crippen LogP contribution < -0.4 is 5.73 Å². The summed E-state index contributed by atoms with van der Waals surface area (Å²) in [4.78, 5) is 13.4. The lowest BCUT2D eigenvalue weighted by Gasteiger charge is -2.00. The summed E-state index contributed by atoms with van der Waals surface area (Å²) >= 11 is 1.60. The minimum Gasteiger partial charge on any atom is -0.384 e. The van der Waals surface area contributed by atoms with Gasteiger partial charge in [-0.15, -0.1) is 6.58 Å². The lowest BCUT2D eigenvalue weighted by Crippen LogP contribution is -1.85. The molecule has 2 heterocycles. The highest BCUT2D eigenvalue weighted by atomic mass is 32.2. The van der Waals surface area contributed by atoms with Crippen molar-refractivity contribution in [2.45, 2.75) is 42.4 Å². The van der Waals surface area contributed by atoms with Crippen LogP contribution in [0.5, 0.6) is 0 Å². The molecule has 0 saturated carbocycles. The van der Waals surface area contributed by atoms with E-state index in [1.54, 1.807) is 18.0 Å². The predicted molar refractivity (Wildman–Crippen MR) is 103 cm³/mol. The first-order chi connectivity index (χ1) is 11.8. The number of hydrogen-bond acceptors (Lipinski definition) is 4. The molecule has 0 atom stereocenters. The normalized spacial score (nSPS) is 10.2. The first-order valence-electron chi connectivity index (χ1n) is 8.17. The van der Waals surface area contributed by atoms with Crippen LogP contribution in [0.1, 0.15) is 32.6 Å². The molecule has 3 N–H and O–H groups in total. The van der Waals surface area contributed by atoms with E-state index in [1.807, 2.05) is 36.4 Å². The number of H-pyrrole nitrogens is 1. The number of fused-ring (bicyclic) bond motifs is 1. The number of allylic oxidation sites excluding steroid dienone is 1. The van der Waals surface area contributed by atoms with Gasteiger partial charge in [-0.3, -0.25) is 0 Å². The highest BCUT2D eigenvalue weighted by Crippen LogP contribution is 2.36. The molecule has 0 bridgehead atoms. The van der Waals surface area contributed by atoms with Crippen molar-refractivity contribution in [2.24, 2.45) is 0 Å². The maximum absolute atomic E-state index is 5.96. The molecule has 2 aromatic heterocycles. The molecule has 3 aromatic rings. The zero-order chi connectivity index (χ0) is 17.2. The first kappa shape index (κ1) is 18.1. The van der Waals surface area contributed by atoms with Crippen molar-refractivity contribution in [2.75, 3.05) is 5.73 Å². The Balaban J connectivity index is 0.000000256. The van der Waals surface area contributed by atoms with Gasteiger partial charge in [0.05, 0.1) is 16.6 Å². The molecular weight excluding hydrogens is 316 g/mol. The number of aromatic nitrogens is 3. The number of nitrogens with zero attached hydrogens (tertiary/aromatic N) is 2. The monoisotopic (exact) mass is 340 g/mol. The second kappa shape index (κ2) is 9.78. The summed E-state index contributed by atoms with van der Waals surface area (Å²) in [5.74, 6) is 0.634. The molecule has 0 aliphatic carbocycles. The Bertz CT molecular complexity index is 752. The Morgan fingerprint density at radius 3 is 2.75 bits per heavy atom. The van der Waals surface area contributed by atoms with Crippen LogP contribution in [0, 0.1) is 0 Å². The summed E-state index contributed by atoms with van der Waals surface area (Å²) in [6, 6.07) is 10.1. The van der Waals surface area contributed by atoms with E-state index in [1.165, 1.54) is 32.0 Å². The Morgan fingerprint density at radius 2 is 2.04 bits per heavy atom. The number of nitrogen functional groups attached to an aromatic ring is 1. The maximum Gasteiger partial charge on any atom is 0.117 e. The fourth-order valence-electron chi connectivity index (χ4n) is 2.18. The topological polar surface area (TPSA) is 67.6 Å². The zero-order valence-corrected chi connectivity index (χ0v) is 14.9. The van der Waals surface area contributed by atoms with Gasteiger partial charge in [-0.05, 0) is 25.0 Å². The lowest BCUT2D eigenvalue weighted by molar-refractivity contribution is 0.730. The van der Waals surface area contributed by atoms with Gasteiger partial charge in [-0.25, -0.2) is 9.97 Å². The second-order valence-electron chi connectivity index (χ2n) is 5.35. The summed E-state index contributed by atoms with van der Waals surface area (Å²) in [7, 11) is 0. The minimum atomic E-state index is 0.634. The quantitative estimate of drug-likeness (QED) is 0.463. The summed E-state index contributed by atoms with van der Waals surface area (Å²) < 4.78 is 0. The zero-order valence-electron chi connectivity index (χ0n) is 14.0. The molecule has 0 radical (unpaired) electrons. The molecule has 0 spiro atoms. The highest BCUT2D eigenvalue weighted by Gasteiger charge is 2.11. The SMILES string of the molecule is C=CCCCCC.Nc1[nH]c2cncnc2c1Sc1ccccc1. The number of hydrogen-bond donors (Lipinski definition) is 2. The van der Waals surface area contributed by atoms with Crippen molar-refractivity contribution in [1.82, 2.24) is 15.0 Å². The van der Waals surface area contributed by atoms with Gasteiger partial charge in [0.2, 0.25) is 0 Å². The van der Waals surface area contributed by atoms with E-state index < -0.39 is 0 Å². The van der Waals surface area contributed by atoms with Gasteiger partial charge in [0.25, 0.3) is 0 Å².